The smallest absolute Gasteiger partial charge is 0.276 e. The van der Waals surface area contributed by atoms with Gasteiger partial charge in [0.1, 0.15) is 6.26 Å². The van der Waals surface area contributed by atoms with Gasteiger partial charge in [-0.2, -0.15) is 0 Å². The quantitative estimate of drug-likeness (QED) is 0.666. The van der Waals surface area contributed by atoms with Crippen molar-refractivity contribution in [2.75, 3.05) is 13.1 Å². The normalized spacial score (nSPS) is 18.5. The molecule has 1 saturated heterocycles. The van der Waals surface area contributed by atoms with E-state index in [0.717, 1.165) is 12.8 Å². The molecule has 1 aromatic heterocycles. The minimum Gasteiger partial charge on any atom is -0.364 e. The van der Waals surface area contributed by atoms with Gasteiger partial charge in [-0.15, -0.1) is 11.6 Å². The number of hydrogen-bond donors (Lipinski definition) is 0. The van der Waals surface area contributed by atoms with Crippen molar-refractivity contribution in [1.29, 1.82) is 0 Å². The Morgan fingerprint density at radius 2 is 2.29 bits per heavy atom. The first kappa shape index (κ1) is 9.52. The maximum Gasteiger partial charge on any atom is 0.276 e. The number of rotatable bonds is 1. The molecule has 0 aromatic carbocycles. The number of piperidine rings is 1. The second kappa shape index (κ2) is 4.00. The van der Waals surface area contributed by atoms with E-state index in [2.05, 4.69) is 9.68 Å². The Hall–Kier alpha value is -1.03. The van der Waals surface area contributed by atoms with Crippen LogP contribution < -0.4 is 0 Å². The van der Waals surface area contributed by atoms with Gasteiger partial charge in [-0.25, -0.2) is 0 Å². The van der Waals surface area contributed by atoms with Gasteiger partial charge in [-0.05, 0) is 12.8 Å². The third-order valence-electron chi connectivity index (χ3n) is 2.37. The SMILES string of the molecule is O=C(c1ccon1)N1CCC(Cl)CC1. The number of carbonyl (C=O) groups is 1. The Morgan fingerprint density at radius 3 is 2.86 bits per heavy atom. The van der Waals surface area contributed by atoms with E-state index in [4.69, 9.17) is 11.6 Å². The molecule has 14 heavy (non-hydrogen) atoms. The van der Waals surface area contributed by atoms with Crippen molar-refractivity contribution in [3.8, 4) is 0 Å². The number of amides is 1. The largest absolute Gasteiger partial charge is 0.364 e. The van der Waals surface area contributed by atoms with Crippen molar-refractivity contribution < 1.29 is 9.32 Å². The number of halogens is 1. The zero-order valence-corrected chi connectivity index (χ0v) is 8.41. The molecule has 1 fully saturated rings. The highest BCUT2D eigenvalue weighted by atomic mass is 35.5. The van der Waals surface area contributed by atoms with Crippen molar-refractivity contribution in [1.82, 2.24) is 10.1 Å². The first-order valence-corrected chi connectivity index (χ1v) is 5.05. The fourth-order valence-corrected chi connectivity index (χ4v) is 1.73. The number of aromatic nitrogens is 1. The summed E-state index contributed by atoms with van der Waals surface area (Å²) in [6.07, 6.45) is 3.11. The molecule has 0 N–H and O–H groups in total. The van der Waals surface area contributed by atoms with Crippen molar-refractivity contribution in [2.45, 2.75) is 18.2 Å². The Bertz CT molecular complexity index is 305. The van der Waals surface area contributed by atoms with Crippen LogP contribution in [0.5, 0.6) is 0 Å². The van der Waals surface area contributed by atoms with E-state index < -0.39 is 0 Å². The van der Waals surface area contributed by atoms with E-state index in [9.17, 15) is 4.79 Å². The predicted molar refractivity (Wildman–Crippen MR) is 51.3 cm³/mol. The molecule has 2 heterocycles. The highest BCUT2D eigenvalue weighted by Gasteiger charge is 2.23. The van der Waals surface area contributed by atoms with Crippen LogP contribution in [-0.2, 0) is 0 Å². The Morgan fingerprint density at radius 1 is 1.57 bits per heavy atom. The third kappa shape index (κ3) is 1.90. The maximum absolute atomic E-state index is 11.7. The van der Waals surface area contributed by atoms with Crippen molar-refractivity contribution in [2.24, 2.45) is 0 Å². The molecule has 0 spiro atoms. The van der Waals surface area contributed by atoms with Crippen LogP contribution in [-0.4, -0.2) is 34.4 Å². The number of alkyl halides is 1. The van der Waals surface area contributed by atoms with Crippen molar-refractivity contribution in [3.05, 3.63) is 18.0 Å². The van der Waals surface area contributed by atoms with Crippen LogP contribution in [0.2, 0.25) is 0 Å². The summed E-state index contributed by atoms with van der Waals surface area (Å²) >= 11 is 5.94. The van der Waals surface area contributed by atoms with Gasteiger partial charge >= 0.3 is 0 Å². The fourth-order valence-electron chi connectivity index (χ4n) is 1.54. The second-order valence-electron chi connectivity index (χ2n) is 3.35. The van der Waals surface area contributed by atoms with Crippen LogP contribution in [0.25, 0.3) is 0 Å². The lowest BCUT2D eigenvalue weighted by atomic mass is 10.1. The molecule has 0 atom stereocenters. The van der Waals surface area contributed by atoms with Crippen molar-refractivity contribution >= 4 is 17.5 Å². The molecule has 0 aliphatic carbocycles. The number of carbonyl (C=O) groups excluding carboxylic acids is 1. The summed E-state index contributed by atoms with van der Waals surface area (Å²) in [5.74, 6) is -0.0673. The minimum atomic E-state index is -0.0673. The van der Waals surface area contributed by atoms with Crippen molar-refractivity contribution in [3.63, 3.8) is 0 Å². The zero-order chi connectivity index (χ0) is 9.97. The lowest BCUT2D eigenvalue weighted by molar-refractivity contribution is 0.0716. The third-order valence-corrected chi connectivity index (χ3v) is 2.81. The first-order valence-electron chi connectivity index (χ1n) is 4.61. The van der Waals surface area contributed by atoms with Gasteiger partial charge < -0.3 is 9.42 Å². The van der Waals surface area contributed by atoms with Gasteiger partial charge in [0.25, 0.3) is 5.91 Å². The molecule has 0 unspecified atom stereocenters. The Balaban J connectivity index is 1.99. The highest BCUT2D eigenvalue weighted by Crippen LogP contribution is 2.17. The molecule has 0 saturated carbocycles. The van der Waals surface area contributed by atoms with E-state index in [1.807, 2.05) is 0 Å². The lowest BCUT2D eigenvalue weighted by Gasteiger charge is -2.28. The van der Waals surface area contributed by atoms with Crippen LogP contribution in [0.3, 0.4) is 0 Å². The van der Waals surface area contributed by atoms with E-state index >= 15 is 0 Å². The molecule has 0 bridgehead atoms. The van der Waals surface area contributed by atoms with E-state index in [1.165, 1.54) is 6.26 Å². The molecule has 1 aromatic rings. The average molecular weight is 215 g/mol. The summed E-state index contributed by atoms with van der Waals surface area (Å²) < 4.78 is 4.62. The molecule has 1 amide bonds. The van der Waals surface area contributed by atoms with Crippen LogP contribution in [0.1, 0.15) is 23.3 Å². The standard InChI is InChI=1S/C9H11ClN2O2/c10-7-1-4-12(5-2-7)9(13)8-3-6-14-11-8/h3,6-7H,1-2,4-5H2. The molecule has 1 aliphatic heterocycles. The molecule has 2 rings (SSSR count). The van der Waals surface area contributed by atoms with Crippen LogP contribution in [0.4, 0.5) is 0 Å². The van der Waals surface area contributed by atoms with Crippen LogP contribution in [0, 0.1) is 0 Å². The molecular weight excluding hydrogens is 204 g/mol. The first-order chi connectivity index (χ1) is 6.77. The van der Waals surface area contributed by atoms with Gasteiger partial charge in [-0.3, -0.25) is 4.79 Å². The molecule has 4 nitrogen and oxygen atoms in total. The highest BCUT2D eigenvalue weighted by molar-refractivity contribution is 6.20. The molecule has 1 aliphatic rings. The molecule has 0 radical (unpaired) electrons. The zero-order valence-electron chi connectivity index (χ0n) is 7.65. The summed E-state index contributed by atoms with van der Waals surface area (Å²) in [5.41, 5.74) is 0.373. The monoisotopic (exact) mass is 214 g/mol. The van der Waals surface area contributed by atoms with E-state index in [-0.39, 0.29) is 11.3 Å². The second-order valence-corrected chi connectivity index (χ2v) is 3.97. The lowest BCUT2D eigenvalue weighted by Crippen LogP contribution is -2.38. The summed E-state index contributed by atoms with van der Waals surface area (Å²) in [6, 6.07) is 1.58. The van der Waals surface area contributed by atoms with Gasteiger partial charge in [0.2, 0.25) is 0 Å². The van der Waals surface area contributed by atoms with Crippen LogP contribution >= 0.6 is 11.6 Å². The topological polar surface area (TPSA) is 46.3 Å². The summed E-state index contributed by atoms with van der Waals surface area (Å²) in [4.78, 5) is 13.5. The maximum atomic E-state index is 11.7. The van der Waals surface area contributed by atoms with E-state index in [1.54, 1.807) is 11.0 Å². The number of hydrogen-bond acceptors (Lipinski definition) is 3. The van der Waals surface area contributed by atoms with Gasteiger partial charge in [0.05, 0.1) is 0 Å². The molecule has 5 heteroatoms. The number of likely N-dealkylation sites (tertiary alicyclic amines) is 1. The Labute approximate surface area is 86.8 Å². The van der Waals surface area contributed by atoms with E-state index in [0.29, 0.717) is 18.8 Å². The predicted octanol–water partition coefficient (Wildman–Crippen LogP) is 1.52. The van der Waals surface area contributed by atoms with Gasteiger partial charge in [0.15, 0.2) is 5.69 Å². The molecule has 76 valence electrons. The average Bonchev–Trinajstić information content (AvgIpc) is 2.71. The summed E-state index contributed by atoms with van der Waals surface area (Å²) in [6.45, 7) is 1.42. The summed E-state index contributed by atoms with van der Waals surface area (Å²) in [7, 11) is 0. The minimum absolute atomic E-state index is 0.0673. The number of nitrogens with zero attached hydrogens (tertiary/aromatic N) is 2. The summed E-state index contributed by atoms with van der Waals surface area (Å²) in [5, 5.41) is 3.82. The van der Waals surface area contributed by atoms with Gasteiger partial charge in [-0.1, -0.05) is 5.16 Å². The Kier molecular flexibility index (Phi) is 2.72. The van der Waals surface area contributed by atoms with Crippen LogP contribution in [0.15, 0.2) is 16.9 Å². The fraction of sp³-hybridized carbons (Fsp3) is 0.556. The molecular formula is C9H11ClN2O2. The van der Waals surface area contributed by atoms with Gasteiger partial charge in [0, 0.05) is 24.5 Å².